The van der Waals surface area contributed by atoms with Gasteiger partial charge in [0.05, 0.1) is 12.1 Å². The van der Waals surface area contributed by atoms with Gasteiger partial charge in [0.2, 0.25) is 11.6 Å². The Hall–Kier alpha value is -3.71. The van der Waals surface area contributed by atoms with Crippen molar-refractivity contribution >= 4 is 23.2 Å². The number of carbonyl (C=O) groups excluding carboxylic acids is 2. The molecule has 0 saturated heterocycles. The molecule has 0 bridgehead atoms. The van der Waals surface area contributed by atoms with E-state index in [-0.39, 0.29) is 22.5 Å². The van der Waals surface area contributed by atoms with Gasteiger partial charge in [-0.1, -0.05) is 36.4 Å². The van der Waals surface area contributed by atoms with Gasteiger partial charge in [-0.3, -0.25) is 9.59 Å². The Kier molecular flexibility index (Phi) is 3.12. The first-order valence-corrected chi connectivity index (χ1v) is 7.82. The molecule has 2 aromatic rings. The molecule has 0 aliphatic carbocycles. The number of carbonyl (C=O) groups is 2. The quantitative estimate of drug-likeness (QED) is 0.870. The van der Waals surface area contributed by atoms with Crippen molar-refractivity contribution in [2.45, 2.75) is 11.1 Å². The summed E-state index contributed by atoms with van der Waals surface area (Å²) in [6.45, 7) is 0. The first kappa shape index (κ1) is 15.8. The Morgan fingerprint density at radius 1 is 0.846 bits per heavy atom. The fourth-order valence-electron chi connectivity index (χ4n) is 3.94. The minimum absolute atomic E-state index is 0.0626. The number of para-hydroxylation sites is 2. The molecule has 4 rings (SSSR count). The van der Waals surface area contributed by atoms with Gasteiger partial charge in [-0.2, -0.15) is 10.5 Å². The van der Waals surface area contributed by atoms with Crippen LogP contribution in [0, 0.1) is 28.6 Å². The van der Waals surface area contributed by atoms with Crippen LogP contribution in [-0.4, -0.2) is 11.8 Å². The molecule has 26 heavy (non-hydrogen) atoms. The third-order valence-electron chi connectivity index (χ3n) is 5.05. The van der Waals surface area contributed by atoms with Crippen molar-refractivity contribution in [1.29, 1.82) is 10.5 Å². The highest BCUT2D eigenvalue weighted by Crippen LogP contribution is 2.59. The number of amides is 2. The molecular formula is C19H11FN4O2. The molecule has 2 amide bonds. The number of hydrogen-bond donors (Lipinski definition) is 2. The zero-order valence-electron chi connectivity index (χ0n) is 13.3. The number of halogens is 1. The summed E-state index contributed by atoms with van der Waals surface area (Å²) < 4.78 is 16.6. The molecule has 0 saturated carbocycles. The third kappa shape index (κ3) is 1.57. The van der Waals surface area contributed by atoms with Gasteiger partial charge in [0.15, 0.2) is 11.3 Å². The molecule has 0 unspecified atom stereocenters. The number of fused-ring (bicyclic) bond motifs is 2. The molecule has 126 valence electrons. The lowest BCUT2D eigenvalue weighted by Gasteiger charge is -2.38. The monoisotopic (exact) mass is 346 g/mol. The number of anilines is 2. The van der Waals surface area contributed by atoms with E-state index in [0.717, 1.165) is 0 Å². The number of nitrogens with one attached hydrogen (secondary N) is 2. The summed E-state index contributed by atoms with van der Waals surface area (Å²) >= 11 is 0. The van der Waals surface area contributed by atoms with E-state index in [1.165, 1.54) is 24.3 Å². The zero-order chi connectivity index (χ0) is 18.5. The van der Waals surface area contributed by atoms with Gasteiger partial charge in [0.25, 0.3) is 5.91 Å². The summed E-state index contributed by atoms with van der Waals surface area (Å²) in [7, 11) is 0. The molecule has 6 nitrogen and oxygen atoms in total. The smallest absolute Gasteiger partial charge is 0.268 e. The fraction of sp³-hybridized carbons (Fsp3) is 0.158. The van der Waals surface area contributed by atoms with Crippen molar-refractivity contribution in [2.75, 3.05) is 10.6 Å². The van der Waals surface area contributed by atoms with Crippen LogP contribution in [0.2, 0.25) is 0 Å². The first-order valence-electron chi connectivity index (χ1n) is 7.82. The van der Waals surface area contributed by atoms with Crippen LogP contribution in [0.15, 0.2) is 48.5 Å². The highest BCUT2D eigenvalue weighted by atomic mass is 19.1. The van der Waals surface area contributed by atoms with Gasteiger partial charge in [0.1, 0.15) is 0 Å². The lowest BCUT2D eigenvalue weighted by Crippen LogP contribution is -2.58. The number of nitriles is 2. The van der Waals surface area contributed by atoms with E-state index in [2.05, 4.69) is 10.6 Å². The van der Waals surface area contributed by atoms with E-state index in [9.17, 15) is 20.1 Å². The van der Waals surface area contributed by atoms with E-state index in [0.29, 0.717) is 0 Å². The van der Waals surface area contributed by atoms with Crippen molar-refractivity contribution in [3.63, 3.8) is 0 Å². The van der Waals surface area contributed by atoms with Crippen molar-refractivity contribution in [2.24, 2.45) is 5.92 Å². The Morgan fingerprint density at radius 2 is 1.35 bits per heavy atom. The standard InChI is InChI=1S/C19H11FN4O2/c20-19(13-6-2-4-8-15(13)24-17(19)26)18(11(9-21)10-22)12-5-1-3-7-14(12)23-16(18)25/h1-8,11H,(H,23,25)(H,24,26)/t18-,19+/m1/s1. The van der Waals surface area contributed by atoms with Crippen LogP contribution in [-0.2, 0) is 20.7 Å². The molecule has 2 atom stereocenters. The summed E-state index contributed by atoms with van der Waals surface area (Å²) in [4.78, 5) is 25.8. The van der Waals surface area contributed by atoms with Gasteiger partial charge in [0, 0.05) is 16.9 Å². The molecule has 0 fully saturated rings. The fourth-order valence-corrected chi connectivity index (χ4v) is 3.94. The maximum atomic E-state index is 16.6. The maximum Gasteiger partial charge on any atom is 0.268 e. The van der Waals surface area contributed by atoms with Crippen LogP contribution in [0.1, 0.15) is 11.1 Å². The summed E-state index contributed by atoms with van der Waals surface area (Å²) in [5, 5.41) is 24.1. The predicted molar refractivity (Wildman–Crippen MR) is 89.3 cm³/mol. The van der Waals surface area contributed by atoms with Crippen LogP contribution < -0.4 is 10.6 Å². The van der Waals surface area contributed by atoms with E-state index in [1.54, 1.807) is 36.4 Å². The van der Waals surface area contributed by atoms with Crippen LogP contribution in [0.3, 0.4) is 0 Å². The average molecular weight is 346 g/mol. The Balaban J connectivity index is 2.14. The highest BCUT2D eigenvalue weighted by Gasteiger charge is 2.73. The van der Waals surface area contributed by atoms with Crippen LogP contribution >= 0.6 is 0 Å². The Labute approximate surface area is 147 Å². The van der Waals surface area contributed by atoms with Crippen molar-refractivity contribution in [3.05, 3.63) is 59.7 Å². The molecule has 7 heteroatoms. The Bertz CT molecular complexity index is 1040. The summed E-state index contributed by atoms with van der Waals surface area (Å²) in [6, 6.07) is 15.7. The molecule has 2 aromatic carbocycles. The largest absolute Gasteiger partial charge is 0.325 e. The molecule has 2 N–H and O–H groups in total. The summed E-state index contributed by atoms with van der Waals surface area (Å²) in [6.07, 6.45) is 0. The van der Waals surface area contributed by atoms with E-state index >= 15 is 4.39 Å². The molecule has 2 aliphatic heterocycles. The van der Waals surface area contributed by atoms with E-state index in [1.807, 2.05) is 0 Å². The number of alkyl halides is 1. The van der Waals surface area contributed by atoms with E-state index < -0.39 is 28.8 Å². The minimum Gasteiger partial charge on any atom is -0.325 e. The summed E-state index contributed by atoms with van der Waals surface area (Å²) in [5.41, 5.74) is -4.67. The van der Waals surface area contributed by atoms with Gasteiger partial charge in [-0.15, -0.1) is 0 Å². The molecular weight excluding hydrogens is 335 g/mol. The molecule has 0 spiro atoms. The van der Waals surface area contributed by atoms with E-state index in [4.69, 9.17) is 0 Å². The second kappa shape index (κ2) is 5.14. The van der Waals surface area contributed by atoms with Gasteiger partial charge >= 0.3 is 0 Å². The minimum atomic E-state index is -2.91. The summed E-state index contributed by atoms with van der Waals surface area (Å²) in [5.74, 6) is -3.67. The van der Waals surface area contributed by atoms with Crippen LogP contribution in [0.25, 0.3) is 0 Å². The highest BCUT2D eigenvalue weighted by molar-refractivity contribution is 6.16. The lowest BCUT2D eigenvalue weighted by molar-refractivity contribution is -0.142. The molecule has 2 heterocycles. The van der Waals surface area contributed by atoms with Gasteiger partial charge in [-0.05, 0) is 17.7 Å². The third-order valence-corrected chi connectivity index (χ3v) is 5.05. The first-order chi connectivity index (χ1) is 12.5. The normalized spacial score (nSPS) is 25.7. The molecule has 0 aromatic heterocycles. The average Bonchev–Trinajstić information content (AvgIpc) is 3.09. The van der Waals surface area contributed by atoms with Gasteiger partial charge in [-0.25, -0.2) is 4.39 Å². The zero-order valence-corrected chi connectivity index (χ0v) is 13.3. The van der Waals surface area contributed by atoms with Crippen molar-refractivity contribution in [3.8, 4) is 12.1 Å². The Morgan fingerprint density at radius 3 is 1.96 bits per heavy atom. The number of rotatable bonds is 2. The van der Waals surface area contributed by atoms with Gasteiger partial charge < -0.3 is 10.6 Å². The van der Waals surface area contributed by atoms with Crippen LogP contribution in [0.4, 0.5) is 15.8 Å². The second-order valence-corrected chi connectivity index (χ2v) is 6.16. The predicted octanol–water partition coefficient (Wildman–Crippen LogP) is 2.36. The SMILES string of the molecule is N#CC(C#N)[C@]1([C@@]2(F)C(=O)Nc3ccccc32)C(=O)Nc2ccccc21. The van der Waals surface area contributed by atoms with Crippen molar-refractivity contribution < 1.29 is 14.0 Å². The second-order valence-electron chi connectivity index (χ2n) is 6.16. The lowest BCUT2D eigenvalue weighted by atomic mass is 9.60. The number of nitrogens with zero attached hydrogens (tertiary/aromatic N) is 2. The molecule has 0 radical (unpaired) electrons. The number of benzene rings is 2. The van der Waals surface area contributed by atoms with Crippen molar-refractivity contribution in [1.82, 2.24) is 0 Å². The maximum absolute atomic E-state index is 16.6. The molecule has 2 aliphatic rings. The number of hydrogen-bond acceptors (Lipinski definition) is 4. The van der Waals surface area contributed by atoms with Crippen LogP contribution in [0.5, 0.6) is 0 Å². The topological polar surface area (TPSA) is 106 Å².